The third kappa shape index (κ3) is 6.22. The Morgan fingerprint density at radius 1 is 0.911 bits per heavy atom. The summed E-state index contributed by atoms with van der Waals surface area (Å²) >= 11 is 0. The van der Waals surface area contributed by atoms with Crippen LogP contribution < -0.4 is 21.3 Å². The topological polar surface area (TPSA) is 193 Å². The number of carbonyl (C=O) groups excluding carboxylic acids is 5. The van der Waals surface area contributed by atoms with Crippen LogP contribution in [0.25, 0.3) is 33.3 Å². The van der Waals surface area contributed by atoms with E-state index in [4.69, 9.17) is 9.97 Å². The molecule has 15 heteroatoms. The fourth-order valence-corrected chi connectivity index (χ4v) is 8.74. The number of fused-ring (bicyclic) bond motifs is 2. The molecule has 1 atom stereocenters. The number of hydrogen-bond donors (Lipinski definition) is 4. The van der Waals surface area contributed by atoms with Crippen molar-refractivity contribution in [2.45, 2.75) is 82.6 Å². The molecule has 5 aliphatic rings. The fourth-order valence-electron chi connectivity index (χ4n) is 8.74. The first-order valence-electron chi connectivity index (χ1n) is 18.9. The van der Waals surface area contributed by atoms with Crippen LogP contribution in [0.4, 0.5) is 5.82 Å². The van der Waals surface area contributed by atoms with Gasteiger partial charge in [0.25, 0.3) is 11.8 Å². The number of carbonyl (C=O) groups is 5. The summed E-state index contributed by atoms with van der Waals surface area (Å²) in [6, 6.07) is 16.0. The third-order valence-corrected chi connectivity index (χ3v) is 11.5. The van der Waals surface area contributed by atoms with E-state index in [9.17, 15) is 24.0 Å². The van der Waals surface area contributed by atoms with Crippen molar-refractivity contribution < 1.29 is 24.0 Å². The van der Waals surface area contributed by atoms with Gasteiger partial charge in [0.15, 0.2) is 0 Å². The summed E-state index contributed by atoms with van der Waals surface area (Å²) in [6.07, 6.45) is 6.85. The zero-order chi connectivity index (χ0) is 38.8. The van der Waals surface area contributed by atoms with Gasteiger partial charge < -0.3 is 25.4 Å². The fraction of sp³-hybridized carbons (Fsp3) is 0.341. The van der Waals surface area contributed by atoms with Gasteiger partial charge in [-0.1, -0.05) is 31.2 Å². The second kappa shape index (κ2) is 13.4. The van der Waals surface area contributed by atoms with Crippen molar-refractivity contribution >= 4 is 46.1 Å². The van der Waals surface area contributed by atoms with Crippen LogP contribution in [0.3, 0.4) is 0 Å². The maximum atomic E-state index is 13.3. The van der Waals surface area contributed by atoms with Crippen molar-refractivity contribution in [3.05, 3.63) is 89.9 Å². The highest BCUT2D eigenvalue weighted by atomic mass is 16.2. The quantitative estimate of drug-likeness (QED) is 0.162. The molecule has 1 saturated heterocycles. The lowest BCUT2D eigenvalue weighted by Crippen LogP contribution is -2.81. The van der Waals surface area contributed by atoms with E-state index in [0.29, 0.717) is 43.9 Å². The monoisotopic (exact) mass is 752 g/mol. The van der Waals surface area contributed by atoms with E-state index < -0.39 is 17.9 Å². The number of benzene rings is 1. The van der Waals surface area contributed by atoms with Gasteiger partial charge in [0.1, 0.15) is 29.1 Å². The number of imide groups is 1. The maximum absolute atomic E-state index is 13.3. The minimum atomic E-state index is -0.786. The standard InChI is InChI=1S/C41H40N10O5/c1-3-34-46-36(32-19-50(23(2)52)14-15-51(32)34)26-7-4-6-24-16-31(43-18-27(24)26)25-10-11-28(42-17-25)39(56)49-41-20-40(21-41,22-41)48-33-9-5-8-29(44-33)37(54)45-30-12-13-35(53)47-38(30)55/h4-11,16-18,30H,3,12-15,19-22H2,1-2H3,(H,44,48)(H,45,54)(H,49,56)(H,47,53,55). The predicted molar refractivity (Wildman–Crippen MR) is 205 cm³/mol. The Bertz CT molecular complexity index is 2460. The zero-order valence-electron chi connectivity index (χ0n) is 31.0. The number of aromatic nitrogens is 5. The highest BCUT2D eigenvalue weighted by Crippen LogP contribution is 2.61. The molecule has 5 amide bonds. The lowest BCUT2D eigenvalue weighted by atomic mass is 9.44. The van der Waals surface area contributed by atoms with Crippen LogP contribution in [-0.4, -0.2) is 82.6 Å². The highest BCUT2D eigenvalue weighted by molar-refractivity contribution is 6.03. The molecule has 10 rings (SSSR count). The van der Waals surface area contributed by atoms with Gasteiger partial charge in [0, 0.05) is 72.8 Å². The van der Waals surface area contributed by atoms with Gasteiger partial charge in [-0.25, -0.2) is 9.97 Å². The Labute approximate surface area is 321 Å². The van der Waals surface area contributed by atoms with Crippen molar-refractivity contribution in [2.24, 2.45) is 0 Å². The molecular formula is C41H40N10O5. The minimum absolute atomic E-state index is 0.0561. The summed E-state index contributed by atoms with van der Waals surface area (Å²) < 4.78 is 2.25. The number of rotatable bonds is 9. The number of nitrogens with zero attached hydrogens (tertiary/aromatic N) is 6. The Kier molecular flexibility index (Phi) is 8.40. The molecule has 3 saturated carbocycles. The van der Waals surface area contributed by atoms with Crippen LogP contribution in [0.15, 0.2) is 67.0 Å². The number of piperidine rings is 1. The Balaban J connectivity index is 0.833. The van der Waals surface area contributed by atoms with Gasteiger partial charge in [-0.3, -0.25) is 39.3 Å². The van der Waals surface area contributed by atoms with Gasteiger partial charge in [0.05, 0.1) is 23.6 Å². The van der Waals surface area contributed by atoms with E-state index in [1.165, 1.54) is 0 Å². The normalized spacial score (nSPS) is 22.3. The largest absolute Gasteiger partial charge is 0.364 e. The Morgan fingerprint density at radius 2 is 1.73 bits per heavy atom. The van der Waals surface area contributed by atoms with E-state index in [0.717, 1.165) is 57.8 Å². The SMILES string of the molecule is CCc1nc(-c2cccc3cc(-c4ccc(C(=O)NC56CC(Nc7cccc(C(=O)NC8CCC(=O)NC8=O)n7)(C5)C6)nc4)ncc23)c2n1CCN(C(C)=O)C2. The maximum Gasteiger partial charge on any atom is 0.270 e. The Morgan fingerprint density at radius 3 is 2.48 bits per heavy atom. The van der Waals surface area contributed by atoms with Gasteiger partial charge >= 0.3 is 0 Å². The van der Waals surface area contributed by atoms with Crippen LogP contribution in [-0.2, 0) is 33.9 Å². The summed E-state index contributed by atoms with van der Waals surface area (Å²) in [5.74, 6) is -0.0117. The zero-order valence-corrected chi connectivity index (χ0v) is 31.0. The molecule has 2 aliphatic heterocycles. The Hall–Kier alpha value is -6.51. The summed E-state index contributed by atoms with van der Waals surface area (Å²) in [6.45, 7) is 5.63. The average Bonchev–Trinajstić information content (AvgIpc) is 3.55. The molecule has 4 aromatic heterocycles. The first kappa shape index (κ1) is 35.2. The van der Waals surface area contributed by atoms with E-state index in [2.05, 4.69) is 48.8 Å². The van der Waals surface area contributed by atoms with Gasteiger partial charge in [-0.15, -0.1) is 0 Å². The molecule has 2 bridgehead atoms. The van der Waals surface area contributed by atoms with Crippen molar-refractivity contribution in [2.75, 3.05) is 11.9 Å². The van der Waals surface area contributed by atoms with E-state index >= 15 is 0 Å². The van der Waals surface area contributed by atoms with Gasteiger partial charge in [-0.2, -0.15) is 0 Å². The number of imidazole rings is 1. The highest BCUT2D eigenvalue weighted by Gasteiger charge is 2.69. The molecule has 6 heterocycles. The molecule has 3 aliphatic carbocycles. The van der Waals surface area contributed by atoms with E-state index in [-0.39, 0.29) is 47.3 Å². The van der Waals surface area contributed by atoms with Crippen LogP contribution in [0.1, 0.15) is 78.4 Å². The molecule has 0 spiro atoms. The molecule has 284 valence electrons. The molecule has 5 aromatic rings. The van der Waals surface area contributed by atoms with Gasteiger partial charge in [-0.05, 0) is 61.4 Å². The van der Waals surface area contributed by atoms with Crippen molar-refractivity contribution in [3.8, 4) is 22.5 Å². The summed E-state index contributed by atoms with van der Waals surface area (Å²) in [7, 11) is 0. The van der Waals surface area contributed by atoms with E-state index in [1.807, 2.05) is 35.4 Å². The minimum Gasteiger partial charge on any atom is -0.364 e. The first-order valence-corrected chi connectivity index (χ1v) is 18.9. The molecule has 4 fully saturated rings. The summed E-state index contributed by atoms with van der Waals surface area (Å²) in [5, 5.41) is 13.5. The van der Waals surface area contributed by atoms with Gasteiger partial charge in [0.2, 0.25) is 17.7 Å². The molecule has 0 radical (unpaired) electrons. The number of anilines is 1. The number of pyridine rings is 3. The lowest BCUT2D eigenvalue weighted by Gasteiger charge is -2.70. The second-order valence-corrected chi connectivity index (χ2v) is 15.4. The molecular weight excluding hydrogens is 713 g/mol. The van der Waals surface area contributed by atoms with E-state index in [1.54, 1.807) is 37.4 Å². The molecule has 4 N–H and O–H groups in total. The van der Waals surface area contributed by atoms with Crippen LogP contribution >= 0.6 is 0 Å². The van der Waals surface area contributed by atoms with Crippen molar-refractivity contribution in [1.82, 2.24) is 45.4 Å². The van der Waals surface area contributed by atoms with Crippen molar-refractivity contribution in [1.29, 1.82) is 0 Å². The summed E-state index contributed by atoms with van der Waals surface area (Å²) in [4.78, 5) is 82.5. The molecule has 56 heavy (non-hydrogen) atoms. The first-order chi connectivity index (χ1) is 27.0. The van der Waals surface area contributed by atoms with Crippen LogP contribution in [0, 0.1) is 0 Å². The average molecular weight is 753 g/mol. The molecule has 1 aromatic carbocycles. The number of hydrogen-bond acceptors (Lipinski definition) is 10. The second-order valence-electron chi connectivity index (χ2n) is 15.4. The third-order valence-electron chi connectivity index (χ3n) is 11.5. The smallest absolute Gasteiger partial charge is 0.270 e. The van der Waals surface area contributed by atoms with Crippen LogP contribution in [0.5, 0.6) is 0 Å². The molecule has 1 unspecified atom stereocenters. The molecule has 15 nitrogen and oxygen atoms in total. The summed E-state index contributed by atoms with van der Waals surface area (Å²) in [5.41, 5.74) is 4.33. The van der Waals surface area contributed by atoms with Crippen LogP contribution in [0.2, 0.25) is 0 Å². The number of aryl methyl sites for hydroxylation is 1. The predicted octanol–water partition coefficient (Wildman–Crippen LogP) is 3.53. The lowest BCUT2D eigenvalue weighted by molar-refractivity contribution is -0.134. The number of amides is 5. The number of nitrogens with one attached hydrogen (secondary N) is 4. The van der Waals surface area contributed by atoms with Crippen molar-refractivity contribution in [3.63, 3.8) is 0 Å².